The summed E-state index contributed by atoms with van der Waals surface area (Å²) in [7, 11) is 0. The van der Waals surface area contributed by atoms with Gasteiger partial charge in [0.1, 0.15) is 6.61 Å². The van der Waals surface area contributed by atoms with Gasteiger partial charge in [-0.15, -0.1) is 0 Å². The van der Waals surface area contributed by atoms with Crippen LogP contribution in [0.15, 0.2) is 24.3 Å². The molecule has 2 aliphatic rings. The van der Waals surface area contributed by atoms with E-state index in [0.717, 1.165) is 45.8 Å². The van der Waals surface area contributed by atoms with Crippen LogP contribution in [0.5, 0.6) is 0 Å². The Balaban J connectivity index is 1.45. The van der Waals surface area contributed by atoms with Crippen molar-refractivity contribution in [2.75, 3.05) is 57.3 Å². The molecule has 5 nitrogen and oxygen atoms in total. The molecule has 0 spiro atoms. The number of cyclic esters (lactones) is 1. The Hall–Kier alpha value is -1.75. The zero-order valence-electron chi connectivity index (χ0n) is 12.6. The summed E-state index contributed by atoms with van der Waals surface area (Å²) in [6.07, 6.45) is -0.159. The first-order valence-corrected chi connectivity index (χ1v) is 7.68. The fourth-order valence-electron chi connectivity index (χ4n) is 2.95. The van der Waals surface area contributed by atoms with Crippen molar-refractivity contribution >= 4 is 11.8 Å². The highest BCUT2D eigenvalue weighted by atomic mass is 16.6. The quantitative estimate of drug-likeness (QED) is 0.843. The van der Waals surface area contributed by atoms with Crippen molar-refractivity contribution in [3.63, 3.8) is 0 Å². The average Bonchev–Trinajstić information content (AvgIpc) is 2.91. The molecule has 5 heteroatoms. The second-order valence-electron chi connectivity index (χ2n) is 5.77. The Kier molecular flexibility index (Phi) is 4.29. The second-order valence-corrected chi connectivity index (χ2v) is 5.77. The van der Waals surface area contributed by atoms with Gasteiger partial charge in [0.25, 0.3) is 0 Å². The van der Waals surface area contributed by atoms with Crippen molar-refractivity contribution in [1.82, 2.24) is 9.80 Å². The fraction of sp³-hybridized carbons (Fsp3) is 0.562. The maximum atomic E-state index is 11.4. The number of hydrogen-bond donors (Lipinski definition) is 0. The van der Waals surface area contributed by atoms with Gasteiger partial charge < -0.3 is 14.5 Å². The zero-order chi connectivity index (χ0) is 14.7. The molecule has 2 heterocycles. The molecule has 0 N–H and O–H groups in total. The van der Waals surface area contributed by atoms with E-state index in [1.807, 2.05) is 0 Å². The summed E-state index contributed by atoms with van der Waals surface area (Å²) in [6, 6.07) is 8.68. The number of piperazine rings is 1. The largest absolute Gasteiger partial charge is 0.448 e. The van der Waals surface area contributed by atoms with Gasteiger partial charge in [0.05, 0.1) is 6.54 Å². The topological polar surface area (TPSA) is 36.0 Å². The summed E-state index contributed by atoms with van der Waals surface area (Å²) >= 11 is 0. The first kappa shape index (κ1) is 14.2. The molecule has 2 aliphatic heterocycles. The number of amides is 1. The number of nitrogens with zero attached hydrogens (tertiary/aromatic N) is 3. The summed E-state index contributed by atoms with van der Waals surface area (Å²) in [5.41, 5.74) is 2.63. The molecule has 0 saturated carbocycles. The first-order valence-electron chi connectivity index (χ1n) is 7.68. The van der Waals surface area contributed by atoms with Crippen LogP contribution in [0.1, 0.15) is 5.56 Å². The van der Waals surface area contributed by atoms with Crippen molar-refractivity contribution in [3.8, 4) is 0 Å². The monoisotopic (exact) mass is 289 g/mol. The van der Waals surface area contributed by atoms with Crippen LogP contribution in [-0.2, 0) is 4.74 Å². The lowest BCUT2D eigenvalue weighted by Crippen LogP contribution is -2.48. The predicted octanol–water partition coefficient (Wildman–Crippen LogP) is 1.57. The molecule has 0 unspecified atom stereocenters. The Morgan fingerprint density at radius 3 is 2.57 bits per heavy atom. The molecular weight excluding hydrogens is 266 g/mol. The molecule has 0 radical (unpaired) electrons. The Labute approximate surface area is 126 Å². The second kappa shape index (κ2) is 6.35. The molecule has 0 atom stereocenters. The van der Waals surface area contributed by atoms with E-state index in [9.17, 15) is 4.79 Å². The number of carbonyl (C=O) groups excluding carboxylic acids is 1. The number of aryl methyl sites for hydroxylation is 1. The summed E-state index contributed by atoms with van der Waals surface area (Å²) in [5, 5.41) is 0. The molecule has 2 fully saturated rings. The van der Waals surface area contributed by atoms with Gasteiger partial charge in [-0.3, -0.25) is 4.90 Å². The van der Waals surface area contributed by atoms with E-state index in [4.69, 9.17) is 4.74 Å². The van der Waals surface area contributed by atoms with Crippen LogP contribution in [0.3, 0.4) is 0 Å². The maximum absolute atomic E-state index is 11.4. The van der Waals surface area contributed by atoms with E-state index in [1.54, 1.807) is 4.90 Å². The van der Waals surface area contributed by atoms with Crippen LogP contribution in [0.25, 0.3) is 0 Å². The van der Waals surface area contributed by atoms with Crippen LogP contribution in [0, 0.1) is 6.92 Å². The van der Waals surface area contributed by atoms with Crippen molar-refractivity contribution in [2.45, 2.75) is 6.92 Å². The predicted molar refractivity (Wildman–Crippen MR) is 82.8 cm³/mol. The summed E-state index contributed by atoms with van der Waals surface area (Å²) in [5.74, 6) is 0. The molecule has 1 aromatic rings. The van der Waals surface area contributed by atoms with Crippen LogP contribution in [0.2, 0.25) is 0 Å². The number of carbonyl (C=O) groups is 1. The van der Waals surface area contributed by atoms with E-state index in [0.29, 0.717) is 6.61 Å². The van der Waals surface area contributed by atoms with Gasteiger partial charge in [0.15, 0.2) is 0 Å². The molecule has 21 heavy (non-hydrogen) atoms. The number of anilines is 1. The van der Waals surface area contributed by atoms with Gasteiger partial charge in [-0.05, 0) is 24.6 Å². The van der Waals surface area contributed by atoms with Gasteiger partial charge in [-0.1, -0.05) is 12.1 Å². The van der Waals surface area contributed by atoms with E-state index in [2.05, 4.69) is 41.0 Å². The fourth-order valence-corrected chi connectivity index (χ4v) is 2.95. The highest BCUT2D eigenvalue weighted by molar-refractivity contribution is 5.69. The third-order valence-corrected chi connectivity index (χ3v) is 4.27. The number of ether oxygens (including phenoxy) is 1. The number of benzene rings is 1. The molecule has 0 aliphatic carbocycles. The molecule has 0 bridgehead atoms. The molecule has 1 aromatic carbocycles. The molecule has 114 valence electrons. The Morgan fingerprint density at radius 2 is 1.90 bits per heavy atom. The standard InChI is InChI=1S/C16H23N3O2/c1-14-3-2-4-15(13-14)18-8-5-17(6-9-18)7-10-19-11-12-21-16(19)20/h2-4,13H,5-12H2,1H3. The lowest BCUT2D eigenvalue weighted by Gasteiger charge is -2.36. The lowest BCUT2D eigenvalue weighted by atomic mass is 10.2. The first-order chi connectivity index (χ1) is 10.2. The Morgan fingerprint density at radius 1 is 1.10 bits per heavy atom. The Bertz CT molecular complexity index is 498. The van der Waals surface area contributed by atoms with Gasteiger partial charge in [-0.25, -0.2) is 4.79 Å². The molecule has 0 aromatic heterocycles. The molecule has 1 amide bonds. The highest BCUT2D eigenvalue weighted by Gasteiger charge is 2.23. The van der Waals surface area contributed by atoms with Gasteiger partial charge in [-0.2, -0.15) is 0 Å². The van der Waals surface area contributed by atoms with Crippen molar-refractivity contribution < 1.29 is 9.53 Å². The normalized spacial score (nSPS) is 20.0. The molecule has 2 saturated heterocycles. The van der Waals surface area contributed by atoms with E-state index >= 15 is 0 Å². The minimum absolute atomic E-state index is 0.159. The van der Waals surface area contributed by atoms with Crippen LogP contribution >= 0.6 is 0 Å². The lowest BCUT2D eigenvalue weighted by molar-refractivity contribution is 0.152. The smallest absolute Gasteiger partial charge is 0.409 e. The summed E-state index contributed by atoms with van der Waals surface area (Å²) < 4.78 is 4.95. The van der Waals surface area contributed by atoms with Crippen LogP contribution < -0.4 is 4.90 Å². The number of hydrogen-bond acceptors (Lipinski definition) is 4. The van der Waals surface area contributed by atoms with Crippen LogP contribution in [0.4, 0.5) is 10.5 Å². The minimum atomic E-state index is -0.159. The van der Waals surface area contributed by atoms with E-state index in [-0.39, 0.29) is 6.09 Å². The van der Waals surface area contributed by atoms with E-state index in [1.165, 1.54) is 11.3 Å². The van der Waals surface area contributed by atoms with Gasteiger partial charge in [0.2, 0.25) is 0 Å². The average molecular weight is 289 g/mol. The molecular formula is C16H23N3O2. The summed E-state index contributed by atoms with van der Waals surface area (Å²) in [4.78, 5) is 18.1. The SMILES string of the molecule is Cc1cccc(N2CCN(CCN3CCOC3=O)CC2)c1. The summed E-state index contributed by atoms with van der Waals surface area (Å²) in [6.45, 7) is 9.34. The van der Waals surface area contributed by atoms with Crippen molar-refractivity contribution in [1.29, 1.82) is 0 Å². The van der Waals surface area contributed by atoms with Crippen LogP contribution in [-0.4, -0.2) is 68.3 Å². The van der Waals surface area contributed by atoms with Crippen molar-refractivity contribution in [3.05, 3.63) is 29.8 Å². The third-order valence-electron chi connectivity index (χ3n) is 4.27. The minimum Gasteiger partial charge on any atom is -0.448 e. The van der Waals surface area contributed by atoms with Gasteiger partial charge in [0, 0.05) is 45.0 Å². The zero-order valence-corrected chi connectivity index (χ0v) is 12.6. The van der Waals surface area contributed by atoms with Crippen molar-refractivity contribution in [2.24, 2.45) is 0 Å². The molecule has 3 rings (SSSR count). The van der Waals surface area contributed by atoms with Gasteiger partial charge >= 0.3 is 6.09 Å². The maximum Gasteiger partial charge on any atom is 0.409 e. The highest BCUT2D eigenvalue weighted by Crippen LogP contribution is 2.17. The third kappa shape index (κ3) is 3.47. The number of rotatable bonds is 4. The van der Waals surface area contributed by atoms with E-state index < -0.39 is 0 Å².